The number of aromatic nitrogens is 2. The molecule has 6 nitrogen and oxygen atoms in total. The third kappa shape index (κ3) is 3.18. The molecule has 2 N–H and O–H groups in total. The number of aromatic amines is 1. The van der Waals surface area contributed by atoms with Gasteiger partial charge in [0.2, 0.25) is 0 Å². The average molecular weight is 314 g/mol. The predicted octanol–water partition coefficient (Wildman–Crippen LogP) is 0.904. The summed E-state index contributed by atoms with van der Waals surface area (Å²) in [6.07, 6.45) is 2.85. The van der Waals surface area contributed by atoms with Gasteiger partial charge in [-0.15, -0.1) is 0 Å². The van der Waals surface area contributed by atoms with Gasteiger partial charge in [-0.25, -0.2) is 4.79 Å². The van der Waals surface area contributed by atoms with Gasteiger partial charge in [0.25, 0.3) is 5.56 Å². The summed E-state index contributed by atoms with van der Waals surface area (Å²) in [5.41, 5.74) is 1.51. The fourth-order valence-electron chi connectivity index (χ4n) is 2.67. The quantitative estimate of drug-likeness (QED) is 0.821. The Kier molecular flexibility index (Phi) is 4.27. The number of aliphatic hydroxyl groups excluding tert-OH is 1. The van der Waals surface area contributed by atoms with Crippen molar-refractivity contribution in [2.75, 3.05) is 6.61 Å². The molecule has 1 aliphatic heterocycles. The second-order valence-corrected chi connectivity index (χ2v) is 5.58. The Bertz CT molecular complexity index is 836. The summed E-state index contributed by atoms with van der Waals surface area (Å²) in [5, 5.41) is 9.54. The van der Waals surface area contributed by atoms with Gasteiger partial charge in [0.15, 0.2) is 6.23 Å². The number of hydrogen-bond donors (Lipinski definition) is 2. The van der Waals surface area contributed by atoms with Crippen molar-refractivity contribution in [2.24, 2.45) is 0 Å². The predicted molar refractivity (Wildman–Crippen MR) is 85.3 cm³/mol. The summed E-state index contributed by atoms with van der Waals surface area (Å²) in [6.45, 7) is 1.47. The summed E-state index contributed by atoms with van der Waals surface area (Å²) < 4.78 is 7.09. The molecule has 0 radical (unpaired) electrons. The minimum absolute atomic E-state index is 0.160. The molecule has 0 bridgehead atoms. The minimum Gasteiger partial charge on any atom is -0.393 e. The molecule has 1 aromatic heterocycles. The van der Waals surface area contributed by atoms with E-state index in [0.717, 1.165) is 11.1 Å². The normalized spacial score (nSPS) is 20.5. The second-order valence-electron chi connectivity index (χ2n) is 5.58. The number of aryl methyl sites for hydroxylation is 1. The molecule has 120 valence electrons. The lowest BCUT2D eigenvalue weighted by Gasteiger charge is -2.16. The molecular formula is C17H18N2O4. The number of nitrogens with zero attached hydrogens (tertiary/aromatic N) is 1. The van der Waals surface area contributed by atoms with Crippen LogP contribution >= 0.6 is 0 Å². The molecule has 1 aromatic carbocycles. The molecule has 3 rings (SSSR count). The van der Waals surface area contributed by atoms with Crippen LogP contribution in [0.4, 0.5) is 0 Å². The Morgan fingerprint density at radius 3 is 2.70 bits per heavy atom. The van der Waals surface area contributed by atoms with Crippen molar-refractivity contribution in [1.82, 2.24) is 9.55 Å². The van der Waals surface area contributed by atoms with E-state index in [1.54, 1.807) is 6.92 Å². The molecule has 1 aliphatic rings. The number of benzene rings is 1. The van der Waals surface area contributed by atoms with Crippen LogP contribution in [0.15, 0.2) is 57.8 Å². The maximum Gasteiger partial charge on any atom is 0.330 e. The lowest BCUT2D eigenvalue weighted by Crippen LogP contribution is -2.33. The standard InChI is InChI=1S/C17H18N2O4/c1-11-9-19(17(22)18-16(11)21)15-8-13(14(10-20)23-15)7-12-5-3-2-4-6-12/h2-6,8-9,14-15,20H,7,10H2,1H3,(H,18,21,22)/t14-,15-/m1/s1. The van der Waals surface area contributed by atoms with Crippen LogP contribution in [-0.4, -0.2) is 27.4 Å². The highest BCUT2D eigenvalue weighted by atomic mass is 16.5. The van der Waals surface area contributed by atoms with Crippen LogP contribution in [0, 0.1) is 6.92 Å². The molecule has 0 amide bonds. The van der Waals surface area contributed by atoms with Crippen LogP contribution in [-0.2, 0) is 11.2 Å². The van der Waals surface area contributed by atoms with Gasteiger partial charge in [-0.1, -0.05) is 30.3 Å². The molecule has 0 unspecified atom stereocenters. The van der Waals surface area contributed by atoms with Gasteiger partial charge in [0, 0.05) is 11.8 Å². The van der Waals surface area contributed by atoms with Crippen LogP contribution in [0.5, 0.6) is 0 Å². The minimum atomic E-state index is -0.631. The smallest absolute Gasteiger partial charge is 0.330 e. The van der Waals surface area contributed by atoms with E-state index in [9.17, 15) is 14.7 Å². The summed E-state index contributed by atoms with van der Waals surface area (Å²) in [6, 6.07) is 9.84. The van der Waals surface area contributed by atoms with E-state index in [1.807, 2.05) is 36.4 Å². The molecule has 2 aromatic rings. The van der Waals surface area contributed by atoms with Gasteiger partial charge in [-0.2, -0.15) is 0 Å². The lowest BCUT2D eigenvalue weighted by atomic mass is 10.0. The second kappa shape index (κ2) is 6.36. The molecule has 2 atom stereocenters. The van der Waals surface area contributed by atoms with Crippen LogP contribution < -0.4 is 11.2 Å². The maximum absolute atomic E-state index is 12.0. The lowest BCUT2D eigenvalue weighted by molar-refractivity contribution is -0.0145. The van der Waals surface area contributed by atoms with E-state index < -0.39 is 23.6 Å². The van der Waals surface area contributed by atoms with Crippen LogP contribution in [0.25, 0.3) is 0 Å². The molecule has 2 heterocycles. The van der Waals surface area contributed by atoms with Crippen molar-refractivity contribution in [3.63, 3.8) is 0 Å². The first-order valence-corrected chi connectivity index (χ1v) is 7.41. The molecule has 6 heteroatoms. The van der Waals surface area contributed by atoms with E-state index in [-0.39, 0.29) is 6.61 Å². The number of rotatable bonds is 4. The summed E-state index contributed by atoms with van der Waals surface area (Å²) in [5.74, 6) is 0. The zero-order valence-electron chi connectivity index (χ0n) is 12.7. The molecule has 0 saturated heterocycles. The summed E-state index contributed by atoms with van der Waals surface area (Å²) in [7, 11) is 0. The average Bonchev–Trinajstić information content (AvgIpc) is 2.94. The Balaban J connectivity index is 1.92. The highest BCUT2D eigenvalue weighted by Crippen LogP contribution is 2.28. The number of aliphatic hydroxyl groups is 1. The van der Waals surface area contributed by atoms with Gasteiger partial charge in [-0.3, -0.25) is 14.3 Å². The van der Waals surface area contributed by atoms with Crippen molar-refractivity contribution >= 4 is 0 Å². The SMILES string of the molecule is Cc1cn([C@H]2C=C(Cc3ccccc3)[C@@H](CO)O2)c(=O)[nH]c1=O. The first-order valence-electron chi connectivity index (χ1n) is 7.41. The van der Waals surface area contributed by atoms with E-state index >= 15 is 0 Å². The Morgan fingerprint density at radius 2 is 2.00 bits per heavy atom. The molecule has 23 heavy (non-hydrogen) atoms. The number of nitrogens with one attached hydrogen (secondary N) is 1. The number of hydrogen-bond acceptors (Lipinski definition) is 4. The first kappa shape index (κ1) is 15.5. The van der Waals surface area contributed by atoms with E-state index in [0.29, 0.717) is 12.0 Å². The fourth-order valence-corrected chi connectivity index (χ4v) is 2.67. The third-order valence-corrected chi connectivity index (χ3v) is 3.91. The highest BCUT2D eigenvalue weighted by Gasteiger charge is 2.28. The Labute approximate surface area is 132 Å². The third-order valence-electron chi connectivity index (χ3n) is 3.91. The van der Waals surface area contributed by atoms with E-state index in [2.05, 4.69) is 4.98 Å². The van der Waals surface area contributed by atoms with Gasteiger partial charge in [0.1, 0.15) is 6.10 Å². The number of ether oxygens (including phenoxy) is 1. The van der Waals surface area contributed by atoms with Crippen LogP contribution in [0.3, 0.4) is 0 Å². The molecule has 0 spiro atoms. The number of H-pyrrole nitrogens is 1. The first-order chi connectivity index (χ1) is 11.1. The maximum atomic E-state index is 12.0. The summed E-state index contributed by atoms with van der Waals surface area (Å²) >= 11 is 0. The Morgan fingerprint density at radius 1 is 1.26 bits per heavy atom. The largest absolute Gasteiger partial charge is 0.393 e. The Hall–Kier alpha value is -2.44. The van der Waals surface area contributed by atoms with Gasteiger partial charge in [-0.05, 0) is 30.6 Å². The zero-order chi connectivity index (χ0) is 16.4. The molecule has 0 aliphatic carbocycles. The van der Waals surface area contributed by atoms with Crippen molar-refractivity contribution < 1.29 is 9.84 Å². The van der Waals surface area contributed by atoms with Crippen molar-refractivity contribution in [1.29, 1.82) is 0 Å². The van der Waals surface area contributed by atoms with Crippen molar-refractivity contribution in [2.45, 2.75) is 25.7 Å². The van der Waals surface area contributed by atoms with E-state index in [4.69, 9.17) is 4.74 Å². The van der Waals surface area contributed by atoms with Crippen molar-refractivity contribution in [3.8, 4) is 0 Å². The van der Waals surface area contributed by atoms with Gasteiger partial charge in [0.05, 0.1) is 6.61 Å². The van der Waals surface area contributed by atoms with Crippen LogP contribution in [0.2, 0.25) is 0 Å². The van der Waals surface area contributed by atoms with Gasteiger partial charge >= 0.3 is 5.69 Å². The highest BCUT2D eigenvalue weighted by molar-refractivity contribution is 5.26. The fraction of sp³-hybridized carbons (Fsp3) is 0.294. The van der Waals surface area contributed by atoms with Crippen molar-refractivity contribution in [3.05, 3.63) is 80.1 Å². The summed E-state index contributed by atoms with van der Waals surface area (Å²) in [4.78, 5) is 25.7. The molecule has 0 fully saturated rings. The zero-order valence-corrected chi connectivity index (χ0v) is 12.7. The van der Waals surface area contributed by atoms with Crippen LogP contribution in [0.1, 0.15) is 17.4 Å². The topological polar surface area (TPSA) is 84.3 Å². The molecular weight excluding hydrogens is 296 g/mol. The monoisotopic (exact) mass is 314 g/mol. The van der Waals surface area contributed by atoms with E-state index in [1.165, 1.54) is 10.8 Å². The van der Waals surface area contributed by atoms with Gasteiger partial charge < -0.3 is 9.84 Å². The molecule has 0 saturated carbocycles.